The van der Waals surface area contributed by atoms with E-state index in [0.717, 1.165) is 12.8 Å². The van der Waals surface area contributed by atoms with Gasteiger partial charge in [-0.25, -0.2) is 0 Å². The molecule has 0 amide bonds. The lowest BCUT2D eigenvalue weighted by molar-refractivity contribution is 0.967. The fourth-order valence-corrected chi connectivity index (χ4v) is 3.21. The van der Waals surface area contributed by atoms with Crippen molar-refractivity contribution in [2.24, 2.45) is 0 Å². The van der Waals surface area contributed by atoms with Crippen LogP contribution in [0, 0.1) is 6.92 Å². The number of hydrogen-bond acceptors (Lipinski definition) is 0. The zero-order chi connectivity index (χ0) is 13.5. The number of fused-ring (bicyclic) bond motifs is 3. The molecular weight excluding hydrogens is 242 g/mol. The molecule has 1 nitrogen and oxygen atoms in total. The third-order valence-electron chi connectivity index (χ3n) is 4.12. The highest BCUT2D eigenvalue weighted by molar-refractivity contribution is 5.91. The van der Waals surface area contributed by atoms with E-state index >= 15 is 0 Å². The first-order chi connectivity index (χ1) is 9.84. The minimum absolute atomic E-state index is 1.14. The fourth-order valence-electron chi connectivity index (χ4n) is 3.21. The Bertz CT molecular complexity index is 807. The van der Waals surface area contributed by atoms with Gasteiger partial charge in [-0.3, -0.25) is 0 Å². The van der Waals surface area contributed by atoms with E-state index < -0.39 is 0 Å². The summed E-state index contributed by atoms with van der Waals surface area (Å²) in [5.41, 5.74) is 6.74. The smallest absolute Gasteiger partial charge is 0.0537 e. The molecule has 0 fully saturated rings. The number of nitrogens with zero attached hydrogens (tertiary/aromatic N) is 1. The Morgan fingerprint density at radius 1 is 1.00 bits per heavy atom. The van der Waals surface area contributed by atoms with Crippen molar-refractivity contribution in [2.75, 3.05) is 0 Å². The molecule has 0 N–H and O–H groups in total. The highest BCUT2D eigenvalue weighted by Gasteiger charge is 2.17. The van der Waals surface area contributed by atoms with E-state index in [1.54, 1.807) is 0 Å². The van der Waals surface area contributed by atoms with Crippen LogP contribution in [0.3, 0.4) is 0 Å². The molecule has 4 rings (SSSR count). The lowest BCUT2D eigenvalue weighted by Gasteiger charge is -2.11. The Labute approximate surface area is 119 Å². The van der Waals surface area contributed by atoms with Crippen molar-refractivity contribution in [3.8, 4) is 5.69 Å². The van der Waals surface area contributed by atoms with Crippen molar-refractivity contribution in [3.63, 3.8) is 0 Å². The van der Waals surface area contributed by atoms with E-state index in [0.29, 0.717) is 0 Å². The summed E-state index contributed by atoms with van der Waals surface area (Å²) in [7, 11) is 0. The van der Waals surface area contributed by atoms with Crippen LogP contribution in [0.1, 0.15) is 23.2 Å². The lowest BCUT2D eigenvalue weighted by atomic mass is 10.00. The number of rotatable bonds is 1. The zero-order valence-electron chi connectivity index (χ0n) is 11.6. The Kier molecular flexibility index (Phi) is 2.53. The summed E-state index contributed by atoms with van der Waals surface area (Å²) < 4.78 is 2.39. The quantitative estimate of drug-likeness (QED) is 0.586. The molecule has 1 aliphatic carbocycles. The molecule has 2 aromatic carbocycles. The summed E-state index contributed by atoms with van der Waals surface area (Å²) in [4.78, 5) is 0. The van der Waals surface area contributed by atoms with Gasteiger partial charge in [0.1, 0.15) is 0 Å². The van der Waals surface area contributed by atoms with Crippen LogP contribution in [0.25, 0.3) is 22.7 Å². The minimum atomic E-state index is 1.14. The second kappa shape index (κ2) is 4.38. The maximum absolute atomic E-state index is 2.39. The predicted octanol–water partition coefficient (Wildman–Crippen LogP) is 4.90. The molecule has 1 heterocycles. The summed E-state index contributed by atoms with van der Waals surface area (Å²) in [6.07, 6.45) is 6.86. The predicted molar refractivity (Wildman–Crippen MR) is 85.4 cm³/mol. The Balaban J connectivity index is 2.13. The second-order valence-corrected chi connectivity index (χ2v) is 5.50. The maximum atomic E-state index is 2.39. The molecule has 0 spiro atoms. The maximum Gasteiger partial charge on any atom is 0.0537 e. The first-order valence-electron chi connectivity index (χ1n) is 7.20. The third kappa shape index (κ3) is 1.63. The molecule has 1 aromatic heterocycles. The van der Waals surface area contributed by atoms with Crippen molar-refractivity contribution < 1.29 is 0 Å². The fraction of sp³-hybridized carbons (Fsp3) is 0.158. The molecule has 0 radical (unpaired) electrons. The van der Waals surface area contributed by atoms with Crippen LogP contribution in [0.4, 0.5) is 0 Å². The number of aromatic nitrogens is 1. The monoisotopic (exact) mass is 259 g/mol. The molecular formula is C19H17N. The Hall–Kier alpha value is -2.28. The summed E-state index contributed by atoms with van der Waals surface area (Å²) in [5, 5.41) is 1.41. The molecule has 3 aromatic rings. The van der Waals surface area contributed by atoms with Gasteiger partial charge < -0.3 is 4.57 Å². The van der Waals surface area contributed by atoms with Gasteiger partial charge in [0.05, 0.1) is 5.52 Å². The van der Waals surface area contributed by atoms with Crippen LogP contribution in [-0.4, -0.2) is 4.57 Å². The SMILES string of the molecule is Cc1ccc2c(c1)c1c(n2-c2ccccc2)C=CCC1. The summed E-state index contributed by atoms with van der Waals surface area (Å²) >= 11 is 0. The molecule has 0 atom stereocenters. The van der Waals surface area contributed by atoms with Crippen LogP contribution < -0.4 is 0 Å². The lowest BCUT2D eigenvalue weighted by Crippen LogP contribution is -1.99. The van der Waals surface area contributed by atoms with Gasteiger partial charge in [0.25, 0.3) is 0 Å². The summed E-state index contributed by atoms with van der Waals surface area (Å²) in [6, 6.07) is 17.4. The van der Waals surface area contributed by atoms with E-state index in [4.69, 9.17) is 0 Å². The molecule has 1 heteroatoms. The van der Waals surface area contributed by atoms with Crippen LogP contribution in [0.2, 0.25) is 0 Å². The number of allylic oxidation sites excluding steroid dienone is 1. The average molecular weight is 259 g/mol. The average Bonchev–Trinajstić information content (AvgIpc) is 2.82. The van der Waals surface area contributed by atoms with Gasteiger partial charge in [0.2, 0.25) is 0 Å². The van der Waals surface area contributed by atoms with Gasteiger partial charge in [0.15, 0.2) is 0 Å². The molecule has 0 saturated heterocycles. The number of aryl methyl sites for hydroxylation is 2. The van der Waals surface area contributed by atoms with Gasteiger partial charge in [-0.15, -0.1) is 0 Å². The van der Waals surface area contributed by atoms with Crippen LogP contribution in [-0.2, 0) is 6.42 Å². The van der Waals surface area contributed by atoms with Crippen LogP contribution >= 0.6 is 0 Å². The largest absolute Gasteiger partial charge is 0.310 e. The summed E-state index contributed by atoms with van der Waals surface area (Å²) in [5.74, 6) is 0. The van der Waals surface area contributed by atoms with Gasteiger partial charge in [-0.1, -0.05) is 35.9 Å². The van der Waals surface area contributed by atoms with Crippen molar-refractivity contribution in [1.29, 1.82) is 0 Å². The minimum Gasteiger partial charge on any atom is -0.310 e. The van der Waals surface area contributed by atoms with Gasteiger partial charge >= 0.3 is 0 Å². The molecule has 0 saturated carbocycles. The summed E-state index contributed by atoms with van der Waals surface area (Å²) in [6.45, 7) is 2.17. The third-order valence-corrected chi connectivity index (χ3v) is 4.12. The Morgan fingerprint density at radius 3 is 2.70 bits per heavy atom. The molecule has 0 unspecified atom stereocenters. The number of para-hydroxylation sites is 1. The van der Waals surface area contributed by atoms with Gasteiger partial charge in [-0.2, -0.15) is 0 Å². The standard InChI is InChI=1S/C19H17N/c1-14-11-12-19-17(13-14)16-9-5-6-10-18(16)20(19)15-7-3-2-4-8-15/h2-4,6-8,10-13H,5,9H2,1H3. The van der Waals surface area contributed by atoms with E-state index in [2.05, 4.69) is 72.2 Å². The zero-order valence-corrected chi connectivity index (χ0v) is 11.6. The highest BCUT2D eigenvalue weighted by atomic mass is 15.0. The highest BCUT2D eigenvalue weighted by Crippen LogP contribution is 2.34. The van der Waals surface area contributed by atoms with E-state index in [-0.39, 0.29) is 0 Å². The van der Waals surface area contributed by atoms with E-state index in [1.165, 1.54) is 33.4 Å². The van der Waals surface area contributed by atoms with Crippen LogP contribution in [0.5, 0.6) is 0 Å². The van der Waals surface area contributed by atoms with Crippen molar-refractivity contribution in [2.45, 2.75) is 19.8 Å². The number of benzene rings is 2. The van der Waals surface area contributed by atoms with Gasteiger partial charge in [-0.05, 0) is 55.7 Å². The molecule has 1 aliphatic rings. The van der Waals surface area contributed by atoms with Gasteiger partial charge in [0, 0.05) is 16.8 Å². The molecule has 0 aliphatic heterocycles. The topological polar surface area (TPSA) is 4.93 Å². The number of hydrogen-bond donors (Lipinski definition) is 0. The molecule has 0 bridgehead atoms. The van der Waals surface area contributed by atoms with E-state index in [9.17, 15) is 0 Å². The first kappa shape index (κ1) is 11.5. The van der Waals surface area contributed by atoms with Crippen molar-refractivity contribution in [1.82, 2.24) is 4.57 Å². The van der Waals surface area contributed by atoms with Crippen molar-refractivity contribution in [3.05, 3.63) is 71.4 Å². The van der Waals surface area contributed by atoms with E-state index in [1.807, 2.05) is 0 Å². The van der Waals surface area contributed by atoms with Crippen LogP contribution in [0.15, 0.2) is 54.6 Å². The molecule has 20 heavy (non-hydrogen) atoms. The molecule has 98 valence electrons. The van der Waals surface area contributed by atoms with Crippen molar-refractivity contribution >= 4 is 17.0 Å². The Morgan fingerprint density at radius 2 is 1.85 bits per heavy atom. The normalized spacial score (nSPS) is 13.7. The second-order valence-electron chi connectivity index (χ2n) is 5.50. The first-order valence-corrected chi connectivity index (χ1v) is 7.20.